The molecule has 4 aromatic rings. The van der Waals surface area contributed by atoms with Crippen molar-refractivity contribution >= 4 is 33.5 Å². The standard InChI is InChI=1S/C21H20N4O2/c1-10-6-7-15(26)12(3)18(10)25-19-14(16(20(25)22)21(23)27)9-11(2)13-5-4-8-24-17(13)19/h4-9,26H,22H2,1-3H3,(H2,23,27). The SMILES string of the molecule is Cc1ccc(O)c(C)c1-n1c(N)c(C(N)=O)c2cc(C)c3cccnc3c21. The van der Waals surface area contributed by atoms with Gasteiger partial charge in [0, 0.05) is 22.5 Å². The topological polar surface area (TPSA) is 107 Å². The van der Waals surface area contributed by atoms with Crippen LogP contribution in [0.2, 0.25) is 0 Å². The van der Waals surface area contributed by atoms with Gasteiger partial charge in [0.25, 0.3) is 5.91 Å². The van der Waals surface area contributed by atoms with E-state index in [0.717, 1.165) is 27.7 Å². The van der Waals surface area contributed by atoms with Crippen molar-refractivity contribution in [3.8, 4) is 11.4 Å². The van der Waals surface area contributed by atoms with E-state index in [-0.39, 0.29) is 17.1 Å². The van der Waals surface area contributed by atoms with E-state index < -0.39 is 5.91 Å². The van der Waals surface area contributed by atoms with E-state index in [1.807, 2.05) is 45.0 Å². The minimum Gasteiger partial charge on any atom is -0.508 e. The number of hydrogen-bond donors (Lipinski definition) is 3. The summed E-state index contributed by atoms with van der Waals surface area (Å²) in [6.45, 7) is 5.71. The van der Waals surface area contributed by atoms with Gasteiger partial charge < -0.3 is 16.6 Å². The molecule has 0 aliphatic carbocycles. The zero-order valence-electron chi connectivity index (χ0n) is 15.4. The Morgan fingerprint density at radius 2 is 1.85 bits per heavy atom. The van der Waals surface area contributed by atoms with Gasteiger partial charge in [-0.25, -0.2) is 0 Å². The van der Waals surface area contributed by atoms with Crippen molar-refractivity contribution in [2.75, 3.05) is 5.73 Å². The van der Waals surface area contributed by atoms with Crippen LogP contribution in [0.5, 0.6) is 5.75 Å². The first-order valence-electron chi connectivity index (χ1n) is 8.60. The molecule has 0 unspecified atom stereocenters. The summed E-state index contributed by atoms with van der Waals surface area (Å²) in [6, 6.07) is 9.23. The normalized spacial score (nSPS) is 11.4. The number of phenols is 1. The van der Waals surface area contributed by atoms with E-state index in [1.165, 1.54) is 0 Å². The molecule has 6 nitrogen and oxygen atoms in total. The Balaban J connectivity index is 2.33. The lowest BCUT2D eigenvalue weighted by molar-refractivity contribution is 0.100. The Kier molecular flexibility index (Phi) is 3.59. The van der Waals surface area contributed by atoms with Crippen molar-refractivity contribution in [1.82, 2.24) is 9.55 Å². The van der Waals surface area contributed by atoms with Crippen molar-refractivity contribution in [3.05, 3.63) is 58.8 Å². The maximum absolute atomic E-state index is 12.2. The van der Waals surface area contributed by atoms with Crippen LogP contribution in [0.4, 0.5) is 5.82 Å². The Hall–Kier alpha value is -3.54. The summed E-state index contributed by atoms with van der Waals surface area (Å²) in [5.74, 6) is -0.199. The minimum absolute atomic E-state index is 0.154. The molecule has 0 radical (unpaired) electrons. The highest BCUT2D eigenvalue weighted by atomic mass is 16.3. The number of carbonyl (C=O) groups is 1. The fourth-order valence-electron chi connectivity index (χ4n) is 3.85. The van der Waals surface area contributed by atoms with Gasteiger partial charge in [0.2, 0.25) is 0 Å². The van der Waals surface area contributed by atoms with Gasteiger partial charge in [-0.3, -0.25) is 14.3 Å². The number of rotatable bonds is 2. The van der Waals surface area contributed by atoms with E-state index >= 15 is 0 Å². The predicted molar refractivity (Wildman–Crippen MR) is 107 cm³/mol. The zero-order chi connectivity index (χ0) is 19.5. The molecule has 0 spiro atoms. The third-order valence-corrected chi connectivity index (χ3v) is 5.14. The number of carbonyl (C=O) groups excluding carboxylic acids is 1. The third-order valence-electron chi connectivity index (χ3n) is 5.14. The van der Waals surface area contributed by atoms with Gasteiger partial charge in [-0.05, 0) is 50.1 Å². The summed E-state index contributed by atoms with van der Waals surface area (Å²) >= 11 is 0. The summed E-state index contributed by atoms with van der Waals surface area (Å²) in [5.41, 5.74) is 17.1. The number of nitrogen functional groups attached to an aromatic ring is 1. The minimum atomic E-state index is -0.596. The summed E-state index contributed by atoms with van der Waals surface area (Å²) in [7, 11) is 0. The van der Waals surface area contributed by atoms with Crippen molar-refractivity contribution in [1.29, 1.82) is 0 Å². The lowest BCUT2D eigenvalue weighted by Crippen LogP contribution is -2.14. The molecular weight excluding hydrogens is 340 g/mol. The first-order chi connectivity index (χ1) is 12.8. The monoisotopic (exact) mass is 360 g/mol. The van der Waals surface area contributed by atoms with Gasteiger partial charge in [-0.1, -0.05) is 12.1 Å². The van der Waals surface area contributed by atoms with Gasteiger partial charge in [0.05, 0.1) is 22.3 Å². The molecule has 2 aromatic heterocycles. The first-order valence-corrected chi connectivity index (χ1v) is 8.60. The molecule has 0 atom stereocenters. The van der Waals surface area contributed by atoms with Crippen LogP contribution in [0.3, 0.4) is 0 Å². The van der Waals surface area contributed by atoms with E-state index in [2.05, 4.69) is 4.98 Å². The molecule has 4 rings (SSSR count). The van der Waals surface area contributed by atoms with Crippen LogP contribution in [0.25, 0.3) is 27.5 Å². The quantitative estimate of drug-likeness (QED) is 0.508. The highest BCUT2D eigenvalue weighted by molar-refractivity contribution is 6.18. The summed E-state index contributed by atoms with van der Waals surface area (Å²) < 4.78 is 1.79. The lowest BCUT2D eigenvalue weighted by atomic mass is 10.0. The number of hydrogen-bond acceptors (Lipinski definition) is 4. The molecular formula is C21H20N4O2. The Bertz CT molecular complexity index is 1250. The maximum atomic E-state index is 12.2. The molecule has 0 fully saturated rings. The van der Waals surface area contributed by atoms with E-state index in [1.54, 1.807) is 16.8 Å². The molecule has 0 saturated heterocycles. The molecule has 0 bridgehead atoms. The fourth-order valence-corrected chi connectivity index (χ4v) is 3.85. The van der Waals surface area contributed by atoms with Gasteiger partial charge in [-0.15, -0.1) is 0 Å². The number of aromatic nitrogens is 2. The van der Waals surface area contributed by atoms with Crippen LogP contribution in [-0.4, -0.2) is 20.6 Å². The van der Waals surface area contributed by atoms with Crippen LogP contribution < -0.4 is 11.5 Å². The van der Waals surface area contributed by atoms with Gasteiger partial charge in [-0.2, -0.15) is 0 Å². The fraction of sp³-hybridized carbons (Fsp3) is 0.143. The summed E-state index contributed by atoms with van der Waals surface area (Å²) in [5, 5.41) is 11.9. The number of benzene rings is 2. The Morgan fingerprint density at radius 3 is 2.56 bits per heavy atom. The number of pyridine rings is 1. The van der Waals surface area contributed by atoms with Crippen molar-refractivity contribution in [2.45, 2.75) is 20.8 Å². The second kappa shape index (κ2) is 5.74. The van der Waals surface area contributed by atoms with E-state index in [0.29, 0.717) is 16.5 Å². The molecule has 0 aliphatic rings. The van der Waals surface area contributed by atoms with E-state index in [4.69, 9.17) is 11.5 Å². The van der Waals surface area contributed by atoms with Crippen LogP contribution in [0, 0.1) is 20.8 Å². The number of fused-ring (bicyclic) bond motifs is 3. The lowest BCUT2D eigenvalue weighted by Gasteiger charge is -2.16. The van der Waals surface area contributed by atoms with Crippen LogP contribution >= 0.6 is 0 Å². The molecule has 6 heteroatoms. The maximum Gasteiger partial charge on any atom is 0.253 e. The molecule has 0 saturated carbocycles. The second-order valence-corrected chi connectivity index (χ2v) is 6.82. The molecule has 1 amide bonds. The molecule has 2 aromatic carbocycles. The average Bonchev–Trinajstić information content (AvgIpc) is 2.91. The summed E-state index contributed by atoms with van der Waals surface area (Å²) in [6.07, 6.45) is 1.71. The van der Waals surface area contributed by atoms with Crippen LogP contribution in [0.1, 0.15) is 27.0 Å². The predicted octanol–water partition coefficient (Wildman–Crippen LogP) is 3.49. The molecule has 136 valence electrons. The zero-order valence-corrected chi connectivity index (χ0v) is 15.4. The van der Waals surface area contributed by atoms with E-state index in [9.17, 15) is 9.90 Å². The van der Waals surface area contributed by atoms with Crippen LogP contribution in [0.15, 0.2) is 36.5 Å². The van der Waals surface area contributed by atoms with Crippen molar-refractivity contribution in [2.24, 2.45) is 5.73 Å². The molecule has 2 heterocycles. The second-order valence-electron chi connectivity index (χ2n) is 6.82. The summed E-state index contributed by atoms with van der Waals surface area (Å²) in [4.78, 5) is 16.8. The molecule has 27 heavy (non-hydrogen) atoms. The van der Waals surface area contributed by atoms with Crippen molar-refractivity contribution in [3.63, 3.8) is 0 Å². The Morgan fingerprint density at radius 1 is 1.11 bits per heavy atom. The number of nitrogens with two attached hydrogens (primary N) is 2. The molecule has 0 aliphatic heterocycles. The van der Waals surface area contributed by atoms with Crippen LogP contribution in [-0.2, 0) is 0 Å². The molecule has 5 N–H and O–H groups in total. The number of phenolic OH excluding ortho intramolecular Hbond substituents is 1. The number of aromatic hydroxyl groups is 1. The largest absolute Gasteiger partial charge is 0.508 e. The highest BCUT2D eigenvalue weighted by Crippen LogP contribution is 2.39. The number of amides is 1. The van der Waals surface area contributed by atoms with Gasteiger partial charge in [0.15, 0.2) is 0 Å². The number of nitrogens with zero attached hydrogens (tertiary/aromatic N) is 2. The first kappa shape index (κ1) is 16.9. The number of primary amides is 1. The van der Waals surface area contributed by atoms with Crippen molar-refractivity contribution < 1.29 is 9.90 Å². The average molecular weight is 360 g/mol. The smallest absolute Gasteiger partial charge is 0.253 e. The number of aryl methyl sites for hydroxylation is 2. The van der Waals surface area contributed by atoms with Gasteiger partial charge in [0.1, 0.15) is 11.6 Å². The Labute approximate surface area is 156 Å². The number of anilines is 1. The van der Waals surface area contributed by atoms with Gasteiger partial charge >= 0.3 is 0 Å². The third kappa shape index (κ3) is 2.26. The highest BCUT2D eigenvalue weighted by Gasteiger charge is 2.25.